The first-order valence-electron chi connectivity index (χ1n) is 8.43. The van der Waals surface area contributed by atoms with E-state index in [9.17, 15) is 4.79 Å². The van der Waals surface area contributed by atoms with E-state index in [2.05, 4.69) is 4.98 Å². The molecule has 1 atom stereocenters. The molecular formula is C19H22N2O3S. The second-order valence-corrected chi connectivity index (χ2v) is 6.66. The summed E-state index contributed by atoms with van der Waals surface area (Å²) < 4.78 is 11.1. The molecule has 1 aliphatic rings. The zero-order valence-electron chi connectivity index (χ0n) is 14.5. The number of ether oxygens (including phenoxy) is 2. The lowest BCUT2D eigenvalue weighted by Gasteiger charge is -2.25. The van der Waals surface area contributed by atoms with Crippen molar-refractivity contribution in [1.82, 2.24) is 9.88 Å². The molecule has 1 aliphatic heterocycles. The molecule has 3 rings (SSSR count). The van der Waals surface area contributed by atoms with Gasteiger partial charge in [-0.1, -0.05) is 12.1 Å². The normalized spacial score (nSPS) is 17.0. The molecule has 2 aromatic rings. The third-order valence-electron chi connectivity index (χ3n) is 3.90. The van der Waals surface area contributed by atoms with Crippen molar-refractivity contribution in [2.24, 2.45) is 0 Å². The third kappa shape index (κ3) is 4.07. The summed E-state index contributed by atoms with van der Waals surface area (Å²) in [5, 5.41) is -0.0747. The fraction of sp³-hybridized carbons (Fsp3) is 0.368. The predicted octanol–water partition coefficient (Wildman–Crippen LogP) is 3.65. The number of pyridine rings is 1. The molecule has 2 heterocycles. The van der Waals surface area contributed by atoms with Crippen molar-refractivity contribution in [3.8, 4) is 11.6 Å². The van der Waals surface area contributed by atoms with Gasteiger partial charge in [0, 0.05) is 18.3 Å². The van der Waals surface area contributed by atoms with Crippen LogP contribution >= 0.6 is 11.8 Å². The summed E-state index contributed by atoms with van der Waals surface area (Å²) in [7, 11) is 0. The smallest absolute Gasteiger partial charge is 0.234 e. The zero-order valence-corrected chi connectivity index (χ0v) is 15.3. The first-order valence-corrected chi connectivity index (χ1v) is 9.48. The second-order valence-electron chi connectivity index (χ2n) is 5.59. The molecule has 0 bridgehead atoms. The molecule has 1 unspecified atom stereocenters. The fourth-order valence-corrected chi connectivity index (χ4v) is 3.98. The average molecular weight is 358 g/mol. The molecule has 0 N–H and O–H groups in total. The SMILES string of the molecule is CCOc1ccc(CN2C(=O)CSC2c2cccnc2OCC)cc1. The highest BCUT2D eigenvalue weighted by Gasteiger charge is 2.34. The highest BCUT2D eigenvalue weighted by atomic mass is 32.2. The van der Waals surface area contributed by atoms with Crippen LogP contribution in [0.4, 0.5) is 0 Å². The van der Waals surface area contributed by atoms with Crippen LogP contribution in [0, 0.1) is 0 Å². The third-order valence-corrected chi connectivity index (χ3v) is 5.14. The summed E-state index contributed by atoms with van der Waals surface area (Å²) in [6.45, 7) is 5.65. The molecule has 1 aromatic heterocycles. The fourth-order valence-electron chi connectivity index (χ4n) is 2.79. The Hall–Kier alpha value is -2.21. The summed E-state index contributed by atoms with van der Waals surface area (Å²) in [4.78, 5) is 18.6. The van der Waals surface area contributed by atoms with Crippen molar-refractivity contribution in [3.05, 3.63) is 53.7 Å². The predicted molar refractivity (Wildman–Crippen MR) is 98.8 cm³/mol. The van der Waals surface area contributed by atoms with Gasteiger partial charge in [-0.05, 0) is 43.7 Å². The van der Waals surface area contributed by atoms with E-state index in [1.54, 1.807) is 18.0 Å². The zero-order chi connectivity index (χ0) is 17.6. The molecule has 0 aliphatic carbocycles. The topological polar surface area (TPSA) is 51.7 Å². The van der Waals surface area contributed by atoms with Gasteiger partial charge in [0.05, 0.1) is 19.0 Å². The molecule has 6 heteroatoms. The number of amides is 1. The first-order chi connectivity index (χ1) is 12.2. The van der Waals surface area contributed by atoms with E-state index in [0.717, 1.165) is 16.9 Å². The van der Waals surface area contributed by atoms with Gasteiger partial charge in [0.1, 0.15) is 11.1 Å². The van der Waals surface area contributed by atoms with E-state index in [0.29, 0.717) is 31.4 Å². The van der Waals surface area contributed by atoms with Crippen molar-refractivity contribution >= 4 is 17.7 Å². The van der Waals surface area contributed by atoms with Crippen LogP contribution in [0.15, 0.2) is 42.6 Å². The lowest BCUT2D eigenvalue weighted by atomic mass is 10.1. The number of carbonyl (C=O) groups is 1. The Labute approximate surface area is 152 Å². The Kier molecular flexibility index (Phi) is 5.81. The Balaban J connectivity index is 1.80. The van der Waals surface area contributed by atoms with Crippen LogP contribution in [0.2, 0.25) is 0 Å². The van der Waals surface area contributed by atoms with Crippen molar-refractivity contribution in [2.75, 3.05) is 19.0 Å². The number of nitrogens with zero attached hydrogens (tertiary/aromatic N) is 2. The molecule has 5 nitrogen and oxygen atoms in total. The molecular weight excluding hydrogens is 336 g/mol. The summed E-state index contributed by atoms with van der Waals surface area (Å²) in [6, 6.07) is 11.8. The largest absolute Gasteiger partial charge is 0.494 e. The van der Waals surface area contributed by atoms with E-state index in [1.807, 2.05) is 55.1 Å². The van der Waals surface area contributed by atoms with Crippen LogP contribution in [-0.4, -0.2) is 34.8 Å². The number of thioether (sulfide) groups is 1. The first kappa shape index (κ1) is 17.6. The molecule has 1 aromatic carbocycles. The van der Waals surface area contributed by atoms with Crippen LogP contribution in [0.1, 0.15) is 30.3 Å². The van der Waals surface area contributed by atoms with Crippen molar-refractivity contribution in [1.29, 1.82) is 0 Å². The second kappa shape index (κ2) is 8.25. The monoisotopic (exact) mass is 358 g/mol. The van der Waals surface area contributed by atoms with E-state index >= 15 is 0 Å². The lowest BCUT2D eigenvalue weighted by molar-refractivity contribution is -0.128. The van der Waals surface area contributed by atoms with Gasteiger partial charge in [-0.15, -0.1) is 11.8 Å². The molecule has 1 amide bonds. The molecule has 0 saturated carbocycles. The van der Waals surface area contributed by atoms with Gasteiger partial charge < -0.3 is 14.4 Å². The summed E-state index contributed by atoms with van der Waals surface area (Å²) in [5.74, 6) is 2.06. The van der Waals surface area contributed by atoms with Crippen LogP contribution in [-0.2, 0) is 11.3 Å². The van der Waals surface area contributed by atoms with E-state index in [-0.39, 0.29) is 11.3 Å². The molecule has 0 spiro atoms. The highest BCUT2D eigenvalue weighted by Crippen LogP contribution is 2.42. The van der Waals surface area contributed by atoms with Gasteiger partial charge in [-0.2, -0.15) is 0 Å². The average Bonchev–Trinajstić information content (AvgIpc) is 2.98. The van der Waals surface area contributed by atoms with Gasteiger partial charge in [0.2, 0.25) is 11.8 Å². The van der Waals surface area contributed by atoms with Crippen molar-refractivity contribution < 1.29 is 14.3 Å². The lowest BCUT2D eigenvalue weighted by Crippen LogP contribution is -2.28. The van der Waals surface area contributed by atoms with Crippen LogP contribution < -0.4 is 9.47 Å². The molecule has 132 valence electrons. The maximum Gasteiger partial charge on any atom is 0.234 e. The van der Waals surface area contributed by atoms with E-state index < -0.39 is 0 Å². The van der Waals surface area contributed by atoms with Crippen molar-refractivity contribution in [2.45, 2.75) is 25.8 Å². The number of hydrogen-bond acceptors (Lipinski definition) is 5. The summed E-state index contributed by atoms with van der Waals surface area (Å²) in [5.41, 5.74) is 2.03. The van der Waals surface area contributed by atoms with E-state index in [4.69, 9.17) is 9.47 Å². The maximum atomic E-state index is 12.4. The molecule has 25 heavy (non-hydrogen) atoms. The number of carbonyl (C=O) groups excluding carboxylic acids is 1. The van der Waals surface area contributed by atoms with Crippen molar-refractivity contribution in [3.63, 3.8) is 0 Å². The van der Waals surface area contributed by atoms with Crippen LogP contribution in [0.5, 0.6) is 11.6 Å². The number of benzene rings is 1. The van der Waals surface area contributed by atoms with Gasteiger partial charge in [-0.25, -0.2) is 4.98 Å². The van der Waals surface area contributed by atoms with E-state index in [1.165, 1.54) is 0 Å². The van der Waals surface area contributed by atoms with Gasteiger partial charge in [0.15, 0.2) is 0 Å². The summed E-state index contributed by atoms with van der Waals surface area (Å²) >= 11 is 1.61. The standard InChI is InChI=1S/C19H22N2O3S/c1-3-23-15-9-7-14(8-10-15)12-21-17(22)13-25-19(21)16-6-5-11-20-18(16)24-4-2/h5-11,19H,3-4,12-13H2,1-2H3. The number of hydrogen-bond donors (Lipinski definition) is 0. The Morgan fingerprint density at radius 3 is 2.64 bits per heavy atom. The highest BCUT2D eigenvalue weighted by molar-refractivity contribution is 8.00. The Morgan fingerprint density at radius 2 is 1.92 bits per heavy atom. The molecule has 1 fully saturated rings. The van der Waals surface area contributed by atoms with Crippen LogP contribution in [0.3, 0.4) is 0 Å². The number of rotatable bonds is 7. The Morgan fingerprint density at radius 1 is 1.16 bits per heavy atom. The minimum atomic E-state index is -0.0747. The number of aromatic nitrogens is 1. The summed E-state index contributed by atoms with van der Waals surface area (Å²) in [6.07, 6.45) is 1.72. The van der Waals surface area contributed by atoms with Crippen LogP contribution in [0.25, 0.3) is 0 Å². The maximum absolute atomic E-state index is 12.4. The van der Waals surface area contributed by atoms with Gasteiger partial charge in [0.25, 0.3) is 0 Å². The molecule has 1 saturated heterocycles. The Bertz CT molecular complexity index is 721. The van der Waals surface area contributed by atoms with Gasteiger partial charge in [-0.3, -0.25) is 4.79 Å². The molecule has 0 radical (unpaired) electrons. The minimum Gasteiger partial charge on any atom is -0.494 e. The minimum absolute atomic E-state index is 0.0747. The quantitative estimate of drug-likeness (QED) is 0.756. The van der Waals surface area contributed by atoms with Gasteiger partial charge >= 0.3 is 0 Å².